The van der Waals surface area contributed by atoms with Crippen molar-refractivity contribution in [3.05, 3.63) is 111 Å². The summed E-state index contributed by atoms with van der Waals surface area (Å²) in [7, 11) is 1.45. The van der Waals surface area contributed by atoms with Gasteiger partial charge in [0.1, 0.15) is 36.2 Å². The molecule has 0 aliphatic rings. The van der Waals surface area contributed by atoms with Crippen LogP contribution in [0.4, 0.5) is 22.0 Å². The van der Waals surface area contributed by atoms with E-state index in [9.17, 15) is 46.2 Å². The maximum atomic E-state index is 14.9. The standard InChI is InChI=1S/C35H33F5N6O7/c1-35(2,51)26-27(37)29(39)31(30(40)28(26)38)53-15-24(47)21(10-11-46-34(50)41-16-42-46)44-32(48)22(13-17-6-4-7-18(36)12-17)45-33(49)23-14-19-20(43-23)8-5-9-25(19)52-3/h4-9,12,14,16,21-22,43,51H,10-11,13,15H2,1-3H3,(H,44,48)(H,45,49)(H,41,42,50)/t21-,22-/m0/s1. The van der Waals surface area contributed by atoms with Gasteiger partial charge in [0.15, 0.2) is 23.2 Å². The summed E-state index contributed by atoms with van der Waals surface area (Å²) >= 11 is 0. The monoisotopic (exact) mass is 744 g/mol. The molecule has 0 spiro atoms. The number of aromatic nitrogens is 4. The number of Topliss-reactive ketones (excluding diaryl/α,β-unsaturated/α-hetero) is 1. The van der Waals surface area contributed by atoms with Crippen molar-refractivity contribution in [3.8, 4) is 11.5 Å². The third kappa shape index (κ3) is 8.54. The molecule has 5 rings (SSSR count). The minimum absolute atomic E-state index is 0.0274. The van der Waals surface area contributed by atoms with Crippen molar-refractivity contribution < 1.29 is 50.9 Å². The number of amides is 2. The SMILES string of the molecule is COc1cccc2[nH]c(C(=O)N[C@@H](Cc3cccc(F)c3)C(=O)N[C@@H](CCn3nc[nH]c3=O)C(=O)COc3c(F)c(F)c(C(C)(C)O)c(F)c3F)cc12. The molecule has 5 N–H and O–H groups in total. The molecule has 0 aliphatic carbocycles. The van der Waals surface area contributed by atoms with E-state index in [4.69, 9.17) is 9.47 Å². The number of aryl methyl sites for hydroxylation is 1. The van der Waals surface area contributed by atoms with E-state index in [0.717, 1.165) is 30.9 Å². The topological polar surface area (TPSA) is 180 Å². The van der Waals surface area contributed by atoms with E-state index < -0.39 is 88.0 Å². The van der Waals surface area contributed by atoms with Gasteiger partial charge in [-0.25, -0.2) is 22.6 Å². The Labute approximate surface area is 297 Å². The summed E-state index contributed by atoms with van der Waals surface area (Å²) in [5.41, 5.74) is -3.46. The largest absolute Gasteiger partial charge is 0.496 e. The van der Waals surface area contributed by atoms with E-state index in [1.54, 1.807) is 18.2 Å². The van der Waals surface area contributed by atoms with Gasteiger partial charge in [-0.1, -0.05) is 18.2 Å². The van der Waals surface area contributed by atoms with E-state index in [1.165, 1.54) is 31.4 Å². The highest BCUT2D eigenvalue weighted by atomic mass is 19.2. The molecule has 0 radical (unpaired) electrons. The van der Waals surface area contributed by atoms with Crippen molar-refractivity contribution in [2.45, 2.75) is 50.9 Å². The third-order valence-electron chi connectivity index (χ3n) is 8.19. The molecule has 2 atom stereocenters. The number of rotatable bonds is 15. The van der Waals surface area contributed by atoms with Crippen molar-refractivity contribution in [2.75, 3.05) is 13.7 Å². The predicted octanol–water partition coefficient (Wildman–Crippen LogP) is 3.55. The van der Waals surface area contributed by atoms with Crippen LogP contribution in [0.3, 0.4) is 0 Å². The lowest BCUT2D eigenvalue weighted by Crippen LogP contribution is -2.53. The summed E-state index contributed by atoms with van der Waals surface area (Å²) in [6, 6.07) is 8.66. The average Bonchev–Trinajstić information content (AvgIpc) is 3.74. The van der Waals surface area contributed by atoms with Crippen molar-refractivity contribution in [1.82, 2.24) is 30.4 Å². The molecule has 2 aromatic heterocycles. The highest BCUT2D eigenvalue weighted by Gasteiger charge is 2.35. The van der Waals surface area contributed by atoms with Crippen LogP contribution in [-0.2, 0) is 28.2 Å². The number of carbonyl (C=O) groups is 3. The summed E-state index contributed by atoms with van der Waals surface area (Å²) in [5.74, 6) is -12.5. The number of hydrogen-bond donors (Lipinski definition) is 5. The fraction of sp³-hybridized carbons (Fsp3) is 0.286. The molecule has 280 valence electrons. The fourth-order valence-corrected chi connectivity index (χ4v) is 5.57. The quantitative estimate of drug-likeness (QED) is 0.0798. The van der Waals surface area contributed by atoms with E-state index in [2.05, 4.69) is 25.7 Å². The first-order chi connectivity index (χ1) is 25.1. The van der Waals surface area contributed by atoms with Crippen LogP contribution in [0.5, 0.6) is 11.5 Å². The second-order valence-corrected chi connectivity index (χ2v) is 12.4. The Morgan fingerprint density at radius 2 is 1.66 bits per heavy atom. The van der Waals surface area contributed by atoms with Crippen LogP contribution in [0.25, 0.3) is 10.9 Å². The molecule has 0 fully saturated rings. The van der Waals surface area contributed by atoms with Crippen molar-refractivity contribution >= 4 is 28.5 Å². The van der Waals surface area contributed by atoms with Crippen molar-refractivity contribution in [2.24, 2.45) is 0 Å². The molecule has 0 unspecified atom stereocenters. The first-order valence-corrected chi connectivity index (χ1v) is 15.9. The van der Waals surface area contributed by atoms with Gasteiger partial charge in [-0.15, -0.1) is 0 Å². The second kappa shape index (κ2) is 15.7. The van der Waals surface area contributed by atoms with Crippen LogP contribution in [0.2, 0.25) is 0 Å². The lowest BCUT2D eigenvalue weighted by Gasteiger charge is -2.24. The summed E-state index contributed by atoms with van der Waals surface area (Å²) in [6.45, 7) is 0.267. The first kappa shape index (κ1) is 38.2. The normalized spacial score (nSPS) is 12.7. The summed E-state index contributed by atoms with van der Waals surface area (Å²) in [5, 5.41) is 19.3. The van der Waals surface area contributed by atoms with E-state index in [1.807, 2.05) is 0 Å². The van der Waals surface area contributed by atoms with Gasteiger partial charge in [-0.3, -0.25) is 19.4 Å². The van der Waals surface area contributed by atoms with Gasteiger partial charge >= 0.3 is 5.69 Å². The van der Waals surface area contributed by atoms with E-state index >= 15 is 0 Å². The number of hydrogen-bond acceptors (Lipinski definition) is 8. The second-order valence-electron chi connectivity index (χ2n) is 12.4. The van der Waals surface area contributed by atoms with Gasteiger partial charge in [-0.05, 0) is 56.2 Å². The number of ether oxygens (including phenoxy) is 2. The Balaban J connectivity index is 1.42. The molecule has 0 aliphatic heterocycles. The molecule has 53 heavy (non-hydrogen) atoms. The molecule has 18 heteroatoms. The minimum Gasteiger partial charge on any atom is -0.496 e. The molecule has 0 saturated carbocycles. The Bertz CT molecular complexity index is 2200. The number of H-pyrrole nitrogens is 2. The van der Waals surface area contributed by atoms with Crippen molar-refractivity contribution in [1.29, 1.82) is 0 Å². The number of nitrogens with one attached hydrogen (secondary N) is 4. The van der Waals surface area contributed by atoms with Gasteiger partial charge < -0.3 is 30.2 Å². The lowest BCUT2D eigenvalue weighted by molar-refractivity contribution is -0.130. The Hall–Kier alpha value is -6.04. The number of aromatic amines is 2. The number of carbonyl (C=O) groups excluding carboxylic acids is 3. The molecule has 3 aromatic carbocycles. The van der Waals surface area contributed by atoms with Crippen LogP contribution in [-0.4, -0.2) is 68.3 Å². The molecule has 0 bridgehead atoms. The molecule has 13 nitrogen and oxygen atoms in total. The molecule has 2 heterocycles. The van der Waals surface area contributed by atoms with Gasteiger partial charge in [0.25, 0.3) is 5.91 Å². The van der Waals surface area contributed by atoms with Gasteiger partial charge in [-0.2, -0.15) is 13.9 Å². The maximum absolute atomic E-state index is 14.9. The van der Waals surface area contributed by atoms with Gasteiger partial charge in [0.2, 0.25) is 17.5 Å². The zero-order valence-corrected chi connectivity index (χ0v) is 28.4. The molecule has 2 amide bonds. The van der Waals surface area contributed by atoms with E-state index in [-0.39, 0.29) is 30.6 Å². The Kier molecular flexibility index (Phi) is 11.3. The van der Waals surface area contributed by atoms with Gasteiger partial charge in [0, 0.05) is 23.9 Å². The van der Waals surface area contributed by atoms with Crippen molar-refractivity contribution in [3.63, 3.8) is 0 Å². The van der Waals surface area contributed by atoms with Crippen LogP contribution in [0.15, 0.2) is 59.7 Å². The summed E-state index contributed by atoms with van der Waals surface area (Å²) < 4.78 is 84.4. The number of aliphatic hydroxyl groups is 1. The van der Waals surface area contributed by atoms with Crippen LogP contribution >= 0.6 is 0 Å². The highest BCUT2D eigenvalue weighted by molar-refractivity contribution is 6.02. The minimum atomic E-state index is -2.33. The number of benzene rings is 3. The Morgan fingerprint density at radius 3 is 2.28 bits per heavy atom. The van der Waals surface area contributed by atoms with Gasteiger partial charge in [0.05, 0.1) is 24.3 Å². The van der Waals surface area contributed by atoms with Crippen LogP contribution < -0.4 is 25.8 Å². The number of fused-ring (bicyclic) bond motifs is 1. The molecule has 0 saturated heterocycles. The zero-order chi connectivity index (χ0) is 38.6. The predicted molar refractivity (Wildman–Crippen MR) is 178 cm³/mol. The van der Waals surface area contributed by atoms with E-state index in [0.29, 0.717) is 16.7 Å². The third-order valence-corrected chi connectivity index (χ3v) is 8.19. The molecular weight excluding hydrogens is 711 g/mol. The number of ketones is 1. The molecular formula is C35H33F5N6O7. The zero-order valence-electron chi connectivity index (χ0n) is 28.4. The number of nitrogens with zero attached hydrogens (tertiary/aromatic N) is 2. The maximum Gasteiger partial charge on any atom is 0.343 e. The highest BCUT2D eigenvalue weighted by Crippen LogP contribution is 2.35. The summed E-state index contributed by atoms with van der Waals surface area (Å²) in [6.07, 6.45) is 0.418. The first-order valence-electron chi connectivity index (χ1n) is 15.9. The van der Waals surface area contributed by atoms with Crippen LogP contribution in [0, 0.1) is 29.1 Å². The Morgan fingerprint density at radius 1 is 0.962 bits per heavy atom. The molecule has 5 aromatic rings. The fourth-order valence-electron chi connectivity index (χ4n) is 5.57. The smallest absolute Gasteiger partial charge is 0.343 e. The van der Waals surface area contributed by atoms with Crippen LogP contribution in [0.1, 0.15) is 41.9 Å². The number of halogens is 5. The number of methoxy groups -OCH3 is 1. The lowest BCUT2D eigenvalue weighted by atomic mass is 9.96. The summed E-state index contributed by atoms with van der Waals surface area (Å²) in [4.78, 5) is 58.0. The average molecular weight is 745 g/mol.